The lowest BCUT2D eigenvalue weighted by molar-refractivity contribution is 0.188. The average Bonchev–Trinajstić information content (AvgIpc) is 3.50. The number of anilines is 2. The predicted octanol–water partition coefficient (Wildman–Crippen LogP) is 2.79. The van der Waals surface area contributed by atoms with Gasteiger partial charge < -0.3 is 25.8 Å². The van der Waals surface area contributed by atoms with Gasteiger partial charge in [-0.05, 0) is 48.9 Å². The topological polar surface area (TPSA) is 122 Å². The number of nitrogens with one attached hydrogen (secondary N) is 1. The third-order valence-corrected chi connectivity index (χ3v) is 7.14. The molecular formula is C24H26FN7O2. The van der Waals surface area contributed by atoms with Crippen molar-refractivity contribution in [1.29, 1.82) is 0 Å². The number of aliphatic hydroxyl groups excluding tert-OH is 1. The van der Waals surface area contributed by atoms with E-state index in [0.29, 0.717) is 30.0 Å². The van der Waals surface area contributed by atoms with Gasteiger partial charge in [0.1, 0.15) is 17.7 Å². The largest absolute Gasteiger partial charge is 0.421 e. The van der Waals surface area contributed by atoms with Crippen molar-refractivity contribution in [2.45, 2.75) is 44.4 Å². The van der Waals surface area contributed by atoms with Crippen LogP contribution >= 0.6 is 0 Å². The van der Waals surface area contributed by atoms with Gasteiger partial charge in [0, 0.05) is 43.3 Å². The first kappa shape index (κ1) is 21.2. The first-order valence-corrected chi connectivity index (χ1v) is 11.5. The highest BCUT2D eigenvalue weighted by molar-refractivity contribution is 5.88. The molecule has 4 atom stereocenters. The van der Waals surface area contributed by atoms with E-state index in [1.165, 1.54) is 18.5 Å². The van der Waals surface area contributed by atoms with Crippen molar-refractivity contribution >= 4 is 11.5 Å². The minimum absolute atomic E-state index is 0.188. The zero-order valence-corrected chi connectivity index (χ0v) is 19.0. The SMILES string of the molecule is CNc1cc(F)cc2c1Cc1nc(Oc3cnc(C(C)O)nc3)nc(N3C[C@H]4C[C@@H]3C[C@H]4N)c1-2. The van der Waals surface area contributed by atoms with Crippen LogP contribution in [0.4, 0.5) is 15.9 Å². The number of ether oxygens (including phenoxy) is 1. The van der Waals surface area contributed by atoms with Crippen LogP contribution in [0.15, 0.2) is 24.5 Å². The number of rotatable bonds is 5. The highest BCUT2D eigenvalue weighted by Gasteiger charge is 2.45. The summed E-state index contributed by atoms with van der Waals surface area (Å²) in [7, 11) is 1.79. The standard InChI is InChI=1S/C24H26FN7O2/c1-11(33)22-28-8-15(9-29-22)34-24-30-20-7-16-17(4-13(25)5-19(16)27-2)21(20)23(31-24)32-10-12-3-14(32)6-18(12)26/h4-5,8-9,11-12,14,18,27,33H,3,6-7,10,26H2,1-2H3/t11?,12-,14-,18-/m1/s1. The maximum atomic E-state index is 14.5. The highest BCUT2D eigenvalue weighted by atomic mass is 19.1. The molecule has 2 aliphatic carbocycles. The van der Waals surface area contributed by atoms with E-state index in [9.17, 15) is 9.50 Å². The molecule has 34 heavy (non-hydrogen) atoms. The van der Waals surface area contributed by atoms with Gasteiger partial charge in [-0.1, -0.05) is 0 Å². The second-order valence-corrected chi connectivity index (χ2v) is 9.31. The Balaban J connectivity index is 1.44. The molecule has 3 aliphatic rings. The monoisotopic (exact) mass is 463 g/mol. The van der Waals surface area contributed by atoms with Crippen LogP contribution in [0.3, 0.4) is 0 Å². The fraction of sp³-hybridized carbons (Fsp3) is 0.417. The number of hydrogen-bond acceptors (Lipinski definition) is 9. The number of fused-ring (bicyclic) bond motifs is 5. The van der Waals surface area contributed by atoms with Crippen LogP contribution in [0.2, 0.25) is 0 Å². The summed E-state index contributed by atoms with van der Waals surface area (Å²) in [6.07, 6.45) is 4.70. The Bertz CT molecular complexity index is 1270. The molecule has 3 heterocycles. The third-order valence-electron chi connectivity index (χ3n) is 7.14. The summed E-state index contributed by atoms with van der Waals surface area (Å²) < 4.78 is 20.5. The fourth-order valence-corrected chi connectivity index (χ4v) is 5.52. The average molecular weight is 464 g/mol. The van der Waals surface area contributed by atoms with E-state index in [1.54, 1.807) is 20.0 Å². The lowest BCUT2D eigenvalue weighted by atomic mass is 10.0. The Morgan fingerprint density at radius 1 is 1.24 bits per heavy atom. The van der Waals surface area contributed by atoms with Gasteiger partial charge in [-0.15, -0.1) is 0 Å². The fourth-order valence-electron chi connectivity index (χ4n) is 5.52. The van der Waals surface area contributed by atoms with Crippen LogP contribution in [0, 0.1) is 11.7 Å². The smallest absolute Gasteiger partial charge is 0.324 e. The lowest BCUT2D eigenvalue weighted by Crippen LogP contribution is -2.41. The molecule has 6 rings (SSSR count). The molecule has 1 saturated heterocycles. The molecule has 0 spiro atoms. The van der Waals surface area contributed by atoms with E-state index >= 15 is 0 Å². The molecule has 10 heteroatoms. The van der Waals surface area contributed by atoms with Gasteiger partial charge in [0.2, 0.25) is 0 Å². The second kappa shape index (κ2) is 7.85. The number of aromatic nitrogens is 4. The van der Waals surface area contributed by atoms with Crippen LogP contribution in [0.25, 0.3) is 11.1 Å². The summed E-state index contributed by atoms with van der Waals surface area (Å²) >= 11 is 0. The molecule has 1 saturated carbocycles. The Hall–Kier alpha value is -3.37. The predicted molar refractivity (Wildman–Crippen MR) is 124 cm³/mol. The van der Waals surface area contributed by atoms with Crippen LogP contribution in [-0.2, 0) is 6.42 Å². The second-order valence-electron chi connectivity index (χ2n) is 9.31. The molecule has 2 fully saturated rings. The Morgan fingerprint density at radius 3 is 2.68 bits per heavy atom. The van der Waals surface area contributed by atoms with Gasteiger partial charge in [-0.2, -0.15) is 9.97 Å². The van der Waals surface area contributed by atoms with E-state index < -0.39 is 6.10 Å². The third kappa shape index (κ3) is 3.36. The van der Waals surface area contributed by atoms with E-state index in [0.717, 1.165) is 53.3 Å². The molecule has 3 aromatic rings. The Morgan fingerprint density at radius 2 is 2.03 bits per heavy atom. The number of nitrogens with zero attached hydrogens (tertiary/aromatic N) is 5. The van der Waals surface area contributed by atoms with Gasteiger partial charge in [0.25, 0.3) is 0 Å². The summed E-state index contributed by atoms with van der Waals surface area (Å²) in [6.45, 7) is 2.41. The number of nitrogens with two attached hydrogens (primary N) is 1. The van der Waals surface area contributed by atoms with Crippen molar-refractivity contribution in [3.8, 4) is 22.9 Å². The molecule has 176 valence electrons. The molecule has 9 nitrogen and oxygen atoms in total. The van der Waals surface area contributed by atoms with E-state index in [2.05, 4.69) is 20.2 Å². The van der Waals surface area contributed by atoms with Crippen LogP contribution in [0.1, 0.15) is 43.0 Å². The van der Waals surface area contributed by atoms with Crippen molar-refractivity contribution in [1.82, 2.24) is 19.9 Å². The van der Waals surface area contributed by atoms with Gasteiger partial charge in [-0.3, -0.25) is 0 Å². The van der Waals surface area contributed by atoms with E-state index in [-0.39, 0.29) is 17.9 Å². The molecule has 1 aliphatic heterocycles. The summed E-state index contributed by atoms with van der Waals surface area (Å²) in [6, 6.07) is 3.76. The first-order valence-electron chi connectivity index (χ1n) is 11.5. The molecule has 0 radical (unpaired) electrons. The summed E-state index contributed by atoms with van der Waals surface area (Å²) in [5, 5.41) is 12.8. The molecule has 4 N–H and O–H groups in total. The quantitative estimate of drug-likeness (QED) is 0.410. The molecule has 2 aromatic heterocycles. The summed E-state index contributed by atoms with van der Waals surface area (Å²) in [5.74, 6) is 1.56. The number of hydrogen-bond donors (Lipinski definition) is 3. The molecule has 1 aromatic carbocycles. The zero-order chi connectivity index (χ0) is 23.6. The van der Waals surface area contributed by atoms with E-state index in [4.69, 9.17) is 20.4 Å². The summed E-state index contributed by atoms with van der Waals surface area (Å²) in [5.41, 5.74) is 10.5. The van der Waals surface area contributed by atoms with Gasteiger partial charge in [0.15, 0.2) is 11.6 Å². The number of halogens is 1. The van der Waals surface area contributed by atoms with Crippen molar-refractivity contribution in [2.24, 2.45) is 11.7 Å². The van der Waals surface area contributed by atoms with Crippen LogP contribution in [0.5, 0.6) is 11.8 Å². The van der Waals surface area contributed by atoms with Gasteiger partial charge in [-0.25, -0.2) is 14.4 Å². The van der Waals surface area contributed by atoms with Crippen molar-refractivity contribution in [2.75, 3.05) is 23.8 Å². The zero-order valence-electron chi connectivity index (χ0n) is 19.0. The van der Waals surface area contributed by atoms with Gasteiger partial charge >= 0.3 is 6.01 Å². The Kier molecular flexibility index (Phi) is 4.89. The van der Waals surface area contributed by atoms with Crippen LogP contribution < -0.4 is 20.7 Å². The minimum Gasteiger partial charge on any atom is -0.421 e. The van der Waals surface area contributed by atoms with Crippen molar-refractivity contribution in [3.05, 3.63) is 47.4 Å². The normalized spacial score (nSPS) is 23.1. The van der Waals surface area contributed by atoms with Crippen molar-refractivity contribution in [3.63, 3.8) is 0 Å². The molecule has 0 amide bonds. The summed E-state index contributed by atoms with van der Waals surface area (Å²) in [4.78, 5) is 20.1. The van der Waals surface area contributed by atoms with Gasteiger partial charge in [0.05, 0.1) is 18.1 Å². The number of benzene rings is 1. The maximum absolute atomic E-state index is 14.5. The highest BCUT2D eigenvalue weighted by Crippen LogP contribution is 2.49. The molecule has 1 unspecified atom stereocenters. The number of aliphatic hydroxyl groups is 1. The van der Waals surface area contributed by atoms with Crippen molar-refractivity contribution < 1.29 is 14.2 Å². The van der Waals surface area contributed by atoms with Crippen LogP contribution in [-0.4, -0.2) is 50.7 Å². The number of piperidine rings is 1. The first-order chi connectivity index (χ1) is 16.4. The molecular weight excluding hydrogens is 437 g/mol. The lowest BCUT2D eigenvalue weighted by Gasteiger charge is -2.32. The minimum atomic E-state index is -0.769. The van der Waals surface area contributed by atoms with E-state index in [1.807, 2.05) is 0 Å². The molecule has 2 bridgehead atoms. The maximum Gasteiger partial charge on any atom is 0.324 e. The Labute approximate surface area is 196 Å².